The first-order valence-electron chi connectivity index (χ1n) is 7.72. The van der Waals surface area contributed by atoms with E-state index in [-0.39, 0.29) is 18.7 Å². The van der Waals surface area contributed by atoms with Gasteiger partial charge in [0.15, 0.2) is 0 Å². The monoisotopic (exact) mass is 313 g/mol. The average Bonchev–Trinajstić information content (AvgIpc) is 2.89. The summed E-state index contributed by atoms with van der Waals surface area (Å²) in [6.45, 7) is 5.83. The van der Waals surface area contributed by atoms with Gasteiger partial charge in [-0.3, -0.25) is 14.0 Å². The van der Waals surface area contributed by atoms with Crippen LogP contribution in [0.4, 0.5) is 0 Å². The Hall–Kier alpha value is -2.63. The normalized spacial score (nSPS) is 11.3. The smallest absolute Gasteiger partial charge is 0.327 e. The molecule has 0 aliphatic carbocycles. The molecule has 0 spiro atoms. The minimum atomic E-state index is -0.458. The molecule has 0 saturated heterocycles. The molecule has 1 aromatic carbocycles. The SMILES string of the molecule is CCOC(=O)Cn1nc(CC)n2c(cc3ccc(C)cc32)c1=O. The van der Waals surface area contributed by atoms with Crippen molar-refractivity contribution in [1.82, 2.24) is 14.2 Å². The summed E-state index contributed by atoms with van der Waals surface area (Å²) in [6.07, 6.45) is 0.650. The van der Waals surface area contributed by atoms with Crippen molar-refractivity contribution in [2.45, 2.75) is 33.7 Å². The van der Waals surface area contributed by atoms with Gasteiger partial charge in [-0.15, -0.1) is 0 Å². The lowest BCUT2D eigenvalue weighted by Gasteiger charge is -2.09. The van der Waals surface area contributed by atoms with Crippen LogP contribution >= 0.6 is 0 Å². The number of ether oxygens (including phenoxy) is 1. The number of benzene rings is 1. The van der Waals surface area contributed by atoms with Crippen molar-refractivity contribution in [1.29, 1.82) is 0 Å². The van der Waals surface area contributed by atoms with Gasteiger partial charge in [0, 0.05) is 11.8 Å². The second-order valence-electron chi connectivity index (χ2n) is 5.46. The number of hydrogen-bond donors (Lipinski definition) is 0. The molecule has 120 valence electrons. The second-order valence-corrected chi connectivity index (χ2v) is 5.46. The van der Waals surface area contributed by atoms with Crippen LogP contribution in [0, 0.1) is 6.92 Å². The number of hydrogen-bond acceptors (Lipinski definition) is 4. The van der Waals surface area contributed by atoms with Crippen molar-refractivity contribution < 1.29 is 9.53 Å². The van der Waals surface area contributed by atoms with Gasteiger partial charge in [-0.25, -0.2) is 4.68 Å². The van der Waals surface area contributed by atoms with Crippen molar-refractivity contribution in [2.24, 2.45) is 0 Å². The fourth-order valence-electron chi connectivity index (χ4n) is 2.77. The number of rotatable bonds is 4. The Bertz CT molecular complexity index is 953. The maximum Gasteiger partial charge on any atom is 0.327 e. The van der Waals surface area contributed by atoms with Crippen molar-refractivity contribution >= 4 is 22.4 Å². The Kier molecular flexibility index (Phi) is 3.90. The fourth-order valence-corrected chi connectivity index (χ4v) is 2.77. The van der Waals surface area contributed by atoms with E-state index in [9.17, 15) is 9.59 Å². The van der Waals surface area contributed by atoms with Crippen LogP contribution in [0.1, 0.15) is 25.2 Å². The molecular weight excluding hydrogens is 294 g/mol. The predicted octanol–water partition coefficient (Wildman–Crippen LogP) is 2.08. The maximum atomic E-state index is 12.7. The summed E-state index contributed by atoms with van der Waals surface area (Å²) in [5.74, 6) is 0.282. The summed E-state index contributed by atoms with van der Waals surface area (Å²) >= 11 is 0. The average molecular weight is 313 g/mol. The van der Waals surface area contributed by atoms with Crippen LogP contribution in [0.3, 0.4) is 0 Å². The largest absolute Gasteiger partial charge is 0.465 e. The molecule has 0 aliphatic heterocycles. The van der Waals surface area contributed by atoms with E-state index in [1.807, 2.05) is 42.5 Å². The Labute approximate surface area is 133 Å². The highest BCUT2D eigenvalue weighted by molar-refractivity contribution is 5.87. The number of carbonyl (C=O) groups is 1. The van der Waals surface area contributed by atoms with Crippen molar-refractivity contribution in [2.75, 3.05) is 6.61 Å². The molecule has 0 atom stereocenters. The van der Waals surface area contributed by atoms with E-state index < -0.39 is 5.97 Å². The first-order chi connectivity index (χ1) is 11.0. The quantitative estimate of drug-likeness (QED) is 0.692. The van der Waals surface area contributed by atoms with E-state index in [0.717, 1.165) is 22.3 Å². The molecule has 0 saturated carbocycles. The topological polar surface area (TPSA) is 65.6 Å². The zero-order valence-electron chi connectivity index (χ0n) is 13.5. The number of fused-ring (bicyclic) bond motifs is 3. The zero-order valence-corrected chi connectivity index (χ0v) is 13.5. The number of carbonyl (C=O) groups excluding carboxylic acids is 1. The van der Waals surface area contributed by atoms with Gasteiger partial charge in [0.25, 0.3) is 5.56 Å². The van der Waals surface area contributed by atoms with Crippen molar-refractivity contribution in [3.05, 3.63) is 46.0 Å². The molecule has 6 heteroatoms. The number of nitrogens with zero attached hydrogens (tertiary/aromatic N) is 3. The molecule has 0 amide bonds. The molecule has 3 aromatic rings. The second kappa shape index (κ2) is 5.87. The number of esters is 1. The minimum absolute atomic E-state index is 0.170. The van der Waals surface area contributed by atoms with Crippen LogP contribution in [0.5, 0.6) is 0 Å². The summed E-state index contributed by atoms with van der Waals surface area (Å²) < 4.78 is 7.99. The van der Waals surface area contributed by atoms with Crippen LogP contribution in [0.2, 0.25) is 0 Å². The molecule has 0 unspecified atom stereocenters. The highest BCUT2D eigenvalue weighted by Gasteiger charge is 2.15. The van der Waals surface area contributed by atoms with Crippen LogP contribution in [0.15, 0.2) is 29.1 Å². The third-order valence-electron chi connectivity index (χ3n) is 3.81. The van der Waals surface area contributed by atoms with Gasteiger partial charge in [0.05, 0.1) is 12.1 Å². The standard InChI is InChI=1S/C17H19N3O3/c1-4-15-18-19(10-16(21)23-5-2)17(22)14-9-12-7-6-11(3)8-13(12)20(14)15/h6-9H,4-5,10H2,1-3H3. The van der Waals surface area contributed by atoms with Crippen LogP contribution in [-0.2, 0) is 22.5 Å². The molecule has 0 N–H and O–H groups in total. The first-order valence-corrected chi connectivity index (χ1v) is 7.72. The summed E-state index contributed by atoms with van der Waals surface area (Å²) in [7, 11) is 0. The van der Waals surface area contributed by atoms with Gasteiger partial charge in [0.1, 0.15) is 17.9 Å². The Morgan fingerprint density at radius 3 is 2.70 bits per heavy atom. The van der Waals surface area contributed by atoms with E-state index >= 15 is 0 Å². The van der Waals surface area contributed by atoms with Gasteiger partial charge in [-0.2, -0.15) is 5.10 Å². The van der Waals surface area contributed by atoms with Gasteiger partial charge in [0.2, 0.25) is 0 Å². The summed E-state index contributed by atoms with van der Waals surface area (Å²) in [5.41, 5.74) is 2.32. The predicted molar refractivity (Wildman–Crippen MR) is 87.7 cm³/mol. The Morgan fingerprint density at radius 2 is 2.00 bits per heavy atom. The molecule has 3 rings (SSSR count). The molecule has 2 aromatic heterocycles. The van der Waals surface area contributed by atoms with E-state index in [1.54, 1.807) is 6.92 Å². The van der Waals surface area contributed by atoms with Crippen molar-refractivity contribution in [3.63, 3.8) is 0 Å². The molecular formula is C17H19N3O3. The first kappa shape index (κ1) is 15.3. The maximum absolute atomic E-state index is 12.7. The van der Waals surface area contributed by atoms with Gasteiger partial charge in [-0.05, 0) is 31.5 Å². The molecule has 23 heavy (non-hydrogen) atoms. The lowest BCUT2D eigenvalue weighted by Crippen LogP contribution is -2.30. The summed E-state index contributed by atoms with van der Waals surface area (Å²) in [5, 5.41) is 5.34. The van der Waals surface area contributed by atoms with Gasteiger partial charge >= 0.3 is 5.97 Å². The fraction of sp³-hybridized carbons (Fsp3) is 0.353. The Balaban J connectivity index is 2.27. The van der Waals surface area contributed by atoms with Crippen LogP contribution in [-0.4, -0.2) is 26.8 Å². The van der Waals surface area contributed by atoms with Crippen LogP contribution in [0.25, 0.3) is 16.4 Å². The molecule has 0 bridgehead atoms. The van der Waals surface area contributed by atoms with Crippen LogP contribution < -0.4 is 5.56 Å². The lowest BCUT2D eigenvalue weighted by molar-refractivity contribution is -0.144. The third kappa shape index (κ3) is 2.60. The van der Waals surface area contributed by atoms with E-state index in [2.05, 4.69) is 5.10 Å². The highest BCUT2D eigenvalue weighted by Crippen LogP contribution is 2.21. The lowest BCUT2D eigenvalue weighted by atomic mass is 10.2. The van der Waals surface area contributed by atoms with Crippen molar-refractivity contribution in [3.8, 4) is 0 Å². The number of aromatic nitrogens is 3. The molecule has 0 fully saturated rings. The Morgan fingerprint density at radius 1 is 1.22 bits per heavy atom. The molecule has 2 heterocycles. The third-order valence-corrected chi connectivity index (χ3v) is 3.81. The highest BCUT2D eigenvalue weighted by atomic mass is 16.5. The van der Waals surface area contributed by atoms with E-state index in [1.165, 1.54) is 4.68 Å². The zero-order chi connectivity index (χ0) is 16.6. The number of aryl methyl sites for hydroxylation is 2. The molecule has 0 radical (unpaired) electrons. The van der Waals surface area contributed by atoms with Gasteiger partial charge < -0.3 is 4.74 Å². The van der Waals surface area contributed by atoms with E-state index in [4.69, 9.17) is 4.74 Å². The van der Waals surface area contributed by atoms with E-state index in [0.29, 0.717) is 11.9 Å². The summed E-state index contributed by atoms with van der Waals surface area (Å²) in [4.78, 5) is 24.4. The molecule has 0 aliphatic rings. The summed E-state index contributed by atoms with van der Waals surface area (Å²) in [6, 6.07) is 7.89. The van der Waals surface area contributed by atoms with Gasteiger partial charge in [-0.1, -0.05) is 19.1 Å². The molecule has 6 nitrogen and oxygen atoms in total. The minimum Gasteiger partial charge on any atom is -0.465 e.